The van der Waals surface area contributed by atoms with E-state index in [9.17, 15) is 4.79 Å². The van der Waals surface area contributed by atoms with Gasteiger partial charge in [-0.05, 0) is 27.3 Å². The molecule has 2 N–H and O–H groups in total. The molecule has 0 heterocycles. The number of nitrogens with one attached hydrogen (secondary N) is 2. The van der Waals surface area contributed by atoms with Gasteiger partial charge in [0.15, 0.2) is 5.96 Å². The lowest BCUT2D eigenvalue weighted by Gasteiger charge is -2.18. The molecule has 0 bridgehead atoms. The first-order valence-corrected chi connectivity index (χ1v) is 7.81. The molecule has 0 aromatic carbocycles. The van der Waals surface area contributed by atoms with Crippen LogP contribution in [0, 0.1) is 0 Å². The highest BCUT2D eigenvalue weighted by Gasteiger charge is 2.06. The first-order valence-electron chi connectivity index (χ1n) is 7.81. The van der Waals surface area contributed by atoms with Crippen LogP contribution < -0.4 is 10.6 Å². The van der Waals surface area contributed by atoms with E-state index in [2.05, 4.69) is 27.6 Å². The van der Waals surface area contributed by atoms with Gasteiger partial charge in [0.2, 0.25) is 0 Å². The topological polar surface area (TPSA) is 75.2 Å². The maximum atomic E-state index is 11.4. The van der Waals surface area contributed by atoms with E-state index in [4.69, 9.17) is 9.47 Å². The molecular formula is C15H32N4O3. The number of guanidine groups is 1. The fourth-order valence-corrected chi connectivity index (χ4v) is 1.78. The SMILES string of the molecule is CN=C(NCCC(=O)OC(C)C)NCCN(C)CCCOC. The van der Waals surface area contributed by atoms with Crippen molar-refractivity contribution in [3.8, 4) is 0 Å². The Morgan fingerprint density at radius 2 is 1.91 bits per heavy atom. The number of aliphatic imine (C=N–C) groups is 1. The normalized spacial score (nSPS) is 11.9. The van der Waals surface area contributed by atoms with Gasteiger partial charge in [0, 0.05) is 46.9 Å². The summed E-state index contributed by atoms with van der Waals surface area (Å²) in [5.74, 6) is 0.499. The Balaban J connectivity index is 3.73. The first-order chi connectivity index (χ1) is 10.5. The number of likely N-dealkylation sites (N-methyl/N-ethyl adjacent to an activating group) is 1. The predicted molar refractivity (Wildman–Crippen MR) is 89.2 cm³/mol. The smallest absolute Gasteiger partial charge is 0.307 e. The molecule has 0 unspecified atom stereocenters. The molecule has 0 aromatic heterocycles. The minimum absolute atomic E-state index is 0.0708. The van der Waals surface area contributed by atoms with Gasteiger partial charge in [-0.15, -0.1) is 0 Å². The average Bonchev–Trinajstić information content (AvgIpc) is 2.45. The molecule has 7 nitrogen and oxygen atoms in total. The van der Waals surface area contributed by atoms with Crippen LogP contribution in [0.25, 0.3) is 0 Å². The number of nitrogens with zero attached hydrogens (tertiary/aromatic N) is 2. The summed E-state index contributed by atoms with van der Waals surface area (Å²) in [7, 11) is 5.51. The van der Waals surface area contributed by atoms with Crippen LogP contribution in [-0.4, -0.2) is 76.9 Å². The van der Waals surface area contributed by atoms with Gasteiger partial charge in [0.05, 0.1) is 12.5 Å². The zero-order valence-electron chi connectivity index (χ0n) is 14.6. The van der Waals surface area contributed by atoms with E-state index in [1.165, 1.54) is 0 Å². The van der Waals surface area contributed by atoms with Crippen molar-refractivity contribution in [2.45, 2.75) is 32.8 Å². The van der Waals surface area contributed by atoms with Crippen molar-refractivity contribution < 1.29 is 14.3 Å². The van der Waals surface area contributed by atoms with Crippen LogP contribution in [0.5, 0.6) is 0 Å². The summed E-state index contributed by atoms with van der Waals surface area (Å²) in [6.07, 6.45) is 1.28. The van der Waals surface area contributed by atoms with E-state index >= 15 is 0 Å². The minimum atomic E-state index is -0.198. The van der Waals surface area contributed by atoms with Gasteiger partial charge in [-0.1, -0.05) is 0 Å². The summed E-state index contributed by atoms with van der Waals surface area (Å²) >= 11 is 0. The van der Waals surface area contributed by atoms with Gasteiger partial charge in [0.25, 0.3) is 0 Å². The monoisotopic (exact) mass is 316 g/mol. The van der Waals surface area contributed by atoms with Crippen molar-refractivity contribution in [1.29, 1.82) is 0 Å². The number of hydrogen-bond acceptors (Lipinski definition) is 5. The fourth-order valence-electron chi connectivity index (χ4n) is 1.78. The predicted octanol–water partition coefficient (Wildman–Crippen LogP) is 0.461. The number of carbonyl (C=O) groups is 1. The molecule has 0 aromatic rings. The molecular weight excluding hydrogens is 284 g/mol. The number of ether oxygens (including phenoxy) is 2. The van der Waals surface area contributed by atoms with Crippen LogP contribution in [0.15, 0.2) is 4.99 Å². The Kier molecular flexibility index (Phi) is 12.5. The Morgan fingerprint density at radius 3 is 2.50 bits per heavy atom. The van der Waals surface area contributed by atoms with Gasteiger partial charge in [-0.2, -0.15) is 0 Å². The molecule has 130 valence electrons. The highest BCUT2D eigenvalue weighted by molar-refractivity contribution is 5.80. The van der Waals surface area contributed by atoms with Crippen molar-refractivity contribution in [3.63, 3.8) is 0 Å². The zero-order chi connectivity index (χ0) is 16.8. The van der Waals surface area contributed by atoms with E-state index in [-0.39, 0.29) is 12.1 Å². The number of methoxy groups -OCH3 is 1. The van der Waals surface area contributed by atoms with E-state index in [1.54, 1.807) is 14.2 Å². The average molecular weight is 316 g/mol. The van der Waals surface area contributed by atoms with Gasteiger partial charge in [-0.25, -0.2) is 0 Å². The molecule has 0 aliphatic rings. The van der Waals surface area contributed by atoms with Crippen molar-refractivity contribution in [2.24, 2.45) is 4.99 Å². The highest BCUT2D eigenvalue weighted by Crippen LogP contribution is 1.92. The molecule has 0 fully saturated rings. The molecule has 0 aliphatic heterocycles. The second-order valence-electron chi connectivity index (χ2n) is 5.36. The lowest BCUT2D eigenvalue weighted by molar-refractivity contribution is -0.147. The van der Waals surface area contributed by atoms with Gasteiger partial charge >= 0.3 is 5.97 Å². The zero-order valence-corrected chi connectivity index (χ0v) is 14.6. The first kappa shape index (κ1) is 20.7. The lowest BCUT2D eigenvalue weighted by Crippen LogP contribution is -2.41. The molecule has 0 amide bonds. The highest BCUT2D eigenvalue weighted by atomic mass is 16.5. The summed E-state index contributed by atoms with van der Waals surface area (Å²) in [5.41, 5.74) is 0. The second kappa shape index (κ2) is 13.3. The number of hydrogen-bond donors (Lipinski definition) is 2. The second-order valence-corrected chi connectivity index (χ2v) is 5.36. The largest absolute Gasteiger partial charge is 0.463 e. The Morgan fingerprint density at radius 1 is 1.23 bits per heavy atom. The van der Waals surface area contributed by atoms with E-state index in [1.807, 2.05) is 13.8 Å². The molecule has 22 heavy (non-hydrogen) atoms. The summed E-state index contributed by atoms with van der Waals surface area (Å²) < 4.78 is 10.1. The number of rotatable bonds is 11. The Hall–Kier alpha value is -1.34. The maximum absolute atomic E-state index is 11.4. The Labute approximate surface area is 134 Å². The summed E-state index contributed by atoms with van der Waals surface area (Å²) in [5, 5.41) is 6.32. The van der Waals surface area contributed by atoms with Crippen molar-refractivity contribution in [1.82, 2.24) is 15.5 Å². The quantitative estimate of drug-likeness (QED) is 0.250. The summed E-state index contributed by atoms with van der Waals surface area (Å²) in [6.45, 7) is 7.69. The third-order valence-corrected chi connectivity index (χ3v) is 2.89. The standard InChI is InChI=1S/C15H32N4O3/c1-13(2)22-14(20)7-8-17-15(16-3)18-9-11-19(4)10-6-12-21-5/h13H,6-12H2,1-5H3,(H2,16,17,18). The molecule has 0 spiro atoms. The summed E-state index contributed by atoms with van der Waals surface area (Å²) in [4.78, 5) is 17.8. The van der Waals surface area contributed by atoms with Crippen LogP contribution in [0.1, 0.15) is 26.7 Å². The molecule has 0 saturated carbocycles. The van der Waals surface area contributed by atoms with Crippen molar-refractivity contribution in [2.75, 3.05) is 54.0 Å². The van der Waals surface area contributed by atoms with Gasteiger partial charge < -0.3 is 25.0 Å². The third kappa shape index (κ3) is 12.4. The third-order valence-electron chi connectivity index (χ3n) is 2.89. The van der Waals surface area contributed by atoms with Crippen molar-refractivity contribution >= 4 is 11.9 Å². The lowest BCUT2D eigenvalue weighted by atomic mass is 10.4. The molecule has 0 aliphatic carbocycles. The Bertz CT molecular complexity index is 322. The molecule has 0 radical (unpaired) electrons. The van der Waals surface area contributed by atoms with Gasteiger partial charge in [0.1, 0.15) is 0 Å². The maximum Gasteiger partial charge on any atom is 0.307 e. The van der Waals surface area contributed by atoms with E-state index in [0.29, 0.717) is 18.9 Å². The fraction of sp³-hybridized carbons (Fsp3) is 0.867. The van der Waals surface area contributed by atoms with Gasteiger partial charge in [-0.3, -0.25) is 9.79 Å². The van der Waals surface area contributed by atoms with Crippen LogP contribution in [0.4, 0.5) is 0 Å². The minimum Gasteiger partial charge on any atom is -0.463 e. The number of carbonyl (C=O) groups excluding carboxylic acids is 1. The van der Waals surface area contributed by atoms with Crippen LogP contribution in [-0.2, 0) is 14.3 Å². The van der Waals surface area contributed by atoms with Crippen LogP contribution in [0.2, 0.25) is 0 Å². The van der Waals surface area contributed by atoms with Crippen molar-refractivity contribution in [3.05, 3.63) is 0 Å². The molecule has 0 saturated heterocycles. The molecule has 7 heteroatoms. The molecule has 0 rings (SSSR count). The molecule has 0 atom stereocenters. The van der Waals surface area contributed by atoms with E-state index < -0.39 is 0 Å². The number of esters is 1. The van der Waals surface area contributed by atoms with Crippen LogP contribution >= 0.6 is 0 Å². The van der Waals surface area contributed by atoms with E-state index in [0.717, 1.165) is 32.7 Å². The summed E-state index contributed by atoms with van der Waals surface area (Å²) in [6, 6.07) is 0. The van der Waals surface area contributed by atoms with Crippen LogP contribution in [0.3, 0.4) is 0 Å².